The summed E-state index contributed by atoms with van der Waals surface area (Å²) >= 11 is 12.1. The summed E-state index contributed by atoms with van der Waals surface area (Å²) in [6, 6.07) is 12.4. The molecular weight excluding hydrogens is 437 g/mol. The largest absolute Gasteiger partial charge is 0.496 e. The van der Waals surface area contributed by atoms with E-state index in [4.69, 9.17) is 32.7 Å². The number of ether oxygens (including phenoxy) is 2. The van der Waals surface area contributed by atoms with Gasteiger partial charge in [-0.25, -0.2) is 0 Å². The van der Waals surface area contributed by atoms with Crippen LogP contribution >= 0.6 is 23.2 Å². The van der Waals surface area contributed by atoms with Crippen LogP contribution in [0.5, 0.6) is 11.5 Å². The molecule has 1 amide bonds. The lowest BCUT2D eigenvalue weighted by molar-refractivity contribution is -0.157. The Morgan fingerprint density at radius 3 is 2.74 bits per heavy atom. The molecule has 0 spiro atoms. The average molecular weight is 464 g/mol. The molecule has 3 atom stereocenters. The molecule has 0 bridgehead atoms. The quantitative estimate of drug-likeness (QED) is 0.655. The average Bonchev–Trinajstić information content (AvgIpc) is 2.77. The molecule has 5 nitrogen and oxygen atoms in total. The van der Waals surface area contributed by atoms with Crippen LogP contribution < -0.4 is 9.47 Å². The van der Waals surface area contributed by atoms with Gasteiger partial charge >= 0.3 is 0 Å². The predicted octanol–water partition coefficient (Wildman–Crippen LogP) is 5.28. The zero-order valence-corrected chi connectivity index (χ0v) is 19.0. The van der Waals surface area contributed by atoms with Gasteiger partial charge in [-0.05, 0) is 43.5 Å². The molecule has 2 aromatic rings. The summed E-state index contributed by atoms with van der Waals surface area (Å²) in [5.74, 6) is 0.949. The lowest BCUT2D eigenvalue weighted by Gasteiger charge is -2.52. The van der Waals surface area contributed by atoms with Crippen LogP contribution in [-0.4, -0.2) is 41.8 Å². The Labute approximate surface area is 192 Å². The molecule has 1 aliphatic heterocycles. The molecule has 2 aliphatic rings. The van der Waals surface area contributed by atoms with Crippen molar-refractivity contribution in [3.8, 4) is 11.5 Å². The van der Waals surface area contributed by atoms with Gasteiger partial charge in [0.1, 0.15) is 11.5 Å². The van der Waals surface area contributed by atoms with Gasteiger partial charge in [-0.15, -0.1) is 0 Å². The zero-order valence-electron chi connectivity index (χ0n) is 17.5. The van der Waals surface area contributed by atoms with Crippen LogP contribution in [0.3, 0.4) is 0 Å². The van der Waals surface area contributed by atoms with E-state index in [9.17, 15) is 9.90 Å². The summed E-state index contributed by atoms with van der Waals surface area (Å²) in [7, 11) is 1.63. The van der Waals surface area contributed by atoms with Crippen LogP contribution in [0.25, 0.3) is 0 Å². The van der Waals surface area contributed by atoms with Gasteiger partial charge in [0.15, 0.2) is 6.61 Å². The fourth-order valence-electron chi connectivity index (χ4n) is 5.07. The van der Waals surface area contributed by atoms with E-state index in [1.165, 1.54) is 0 Å². The molecule has 2 fully saturated rings. The second-order valence-electron chi connectivity index (χ2n) is 8.34. The van der Waals surface area contributed by atoms with Crippen LogP contribution in [0.2, 0.25) is 10.0 Å². The van der Waals surface area contributed by atoms with Gasteiger partial charge in [0.25, 0.3) is 5.91 Å². The normalized spacial score (nSPS) is 25.6. The summed E-state index contributed by atoms with van der Waals surface area (Å²) in [5.41, 5.74) is 0.161. The molecule has 7 heteroatoms. The summed E-state index contributed by atoms with van der Waals surface area (Å²) in [6.07, 6.45) is 4.25. The van der Waals surface area contributed by atoms with Crippen molar-refractivity contribution in [2.24, 2.45) is 5.92 Å². The number of carbonyl (C=O) groups is 1. The van der Waals surface area contributed by atoms with Gasteiger partial charge in [0.05, 0.1) is 23.8 Å². The number of rotatable bonds is 5. The second kappa shape index (κ2) is 9.27. The molecule has 3 unspecified atom stereocenters. The van der Waals surface area contributed by atoms with Crippen molar-refractivity contribution in [1.82, 2.24) is 4.90 Å². The monoisotopic (exact) mass is 463 g/mol. The standard InChI is InChI=1S/C24H27Cl2NO4/c1-30-20-8-3-2-6-17(20)23-18-7-4-5-11-24(18,29)12-13-27(23)22(28)15-31-21-10-9-16(25)14-19(21)26/h2-3,6,8-10,14,18,23,29H,4-5,7,11-13,15H2,1H3. The van der Waals surface area contributed by atoms with Gasteiger partial charge in [0, 0.05) is 23.0 Å². The Morgan fingerprint density at radius 1 is 1.16 bits per heavy atom. The van der Waals surface area contributed by atoms with Gasteiger partial charge in [0.2, 0.25) is 0 Å². The Morgan fingerprint density at radius 2 is 1.97 bits per heavy atom. The summed E-state index contributed by atoms with van der Waals surface area (Å²) < 4.78 is 11.3. The first kappa shape index (κ1) is 22.3. The minimum Gasteiger partial charge on any atom is -0.496 e. The number of aliphatic hydroxyl groups is 1. The first-order valence-electron chi connectivity index (χ1n) is 10.7. The van der Waals surface area contributed by atoms with E-state index in [1.54, 1.807) is 25.3 Å². The van der Waals surface area contributed by atoms with Crippen LogP contribution in [0.1, 0.15) is 43.7 Å². The molecule has 1 heterocycles. The second-order valence-corrected chi connectivity index (χ2v) is 9.19. The maximum absolute atomic E-state index is 13.3. The number of carbonyl (C=O) groups excluding carboxylic acids is 1. The highest BCUT2D eigenvalue weighted by Crippen LogP contribution is 2.50. The molecule has 0 radical (unpaired) electrons. The van der Waals surface area contributed by atoms with Crippen LogP contribution in [0, 0.1) is 5.92 Å². The number of benzene rings is 2. The summed E-state index contributed by atoms with van der Waals surface area (Å²) in [6.45, 7) is 0.324. The van der Waals surface area contributed by atoms with E-state index >= 15 is 0 Å². The third-order valence-electron chi connectivity index (χ3n) is 6.59. The van der Waals surface area contributed by atoms with Crippen LogP contribution in [-0.2, 0) is 4.79 Å². The topological polar surface area (TPSA) is 59.0 Å². The highest BCUT2D eigenvalue weighted by atomic mass is 35.5. The third kappa shape index (κ3) is 4.50. The molecule has 31 heavy (non-hydrogen) atoms. The molecule has 1 aliphatic carbocycles. The Kier molecular flexibility index (Phi) is 6.65. The van der Waals surface area contributed by atoms with Crippen LogP contribution in [0.4, 0.5) is 0 Å². The fourth-order valence-corrected chi connectivity index (χ4v) is 5.53. The molecule has 4 rings (SSSR count). The summed E-state index contributed by atoms with van der Waals surface area (Å²) in [4.78, 5) is 15.2. The molecule has 0 aromatic heterocycles. The lowest BCUT2D eigenvalue weighted by Crippen LogP contribution is -2.57. The molecule has 1 saturated heterocycles. The van der Waals surface area contributed by atoms with E-state index < -0.39 is 5.60 Å². The molecule has 166 valence electrons. The van der Waals surface area contributed by atoms with Crippen LogP contribution in [0.15, 0.2) is 42.5 Å². The van der Waals surface area contributed by atoms with Crippen molar-refractivity contribution in [3.63, 3.8) is 0 Å². The highest BCUT2D eigenvalue weighted by molar-refractivity contribution is 6.35. The van der Waals surface area contributed by atoms with Gasteiger partial charge in [-0.3, -0.25) is 4.79 Å². The van der Waals surface area contributed by atoms with Crippen molar-refractivity contribution in [1.29, 1.82) is 0 Å². The van der Waals surface area contributed by atoms with Crippen molar-refractivity contribution >= 4 is 29.1 Å². The van der Waals surface area contributed by atoms with E-state index in [2.05, 4.69) is 0 Å². The maximum Gasteiger partial charge on any atom is 0.261 e. The van der Waals surface area contributed by atoms with Crippen molar-refractivity contribution in [2.45, 2.75) is 43.7 Å². The number of hydrogen-bond donors (Lipinski definition) is 1. The Balaban J connectivity index is 1.62. The van der Waals surface area contributed by atoms with Crippen molar-refractivity contribution in [2.75, 3.05) is 20.3 Å². The zero-order chi connectivity index (χ0) is 22.0. The van der Waals surface area contributed by atoms with E-state index in [1.807, 2.05) is 29.2 Å². The number of methoxy groups -OCH3 is 1. The van der Waals surface area contributed by atoms with E-state index in [-0.39, 0.29) is 24.5 Å². The number of likely N-dealkylation sites (tertiary alicyclic amines) is 1. The SMILES string of the molecule is COc1ccccc1C1C2CCCCC2(O)CCN1C(=O)COc1ccc(Cl)cc1Cl. The van der Waals surface area contributed by atoms with E-state index in [0.29, 0.717) is 28.8 Å². The minimum absolute atomic E-state index is 0.0469. The van der Waals surface area contributed by atoms with Crippen molar-refractivity contribution in [3.05, 3.63) is 58.1 Å². The number of amides is 1. The smallest absolute Gasteiger partial charge is 0.261 e. The lowest BCUT2D eigenvalue weighted by atomic mass is 9.66. The Bertz CT molecular complexity index is 953. The number of piperidine rings is 1. The molecule has 2 aromatic carbocycles. The molecule has 1 saturated carbocycles. The molecular formula is C24H27Cl2NO4. The number of fused-ring (bicyclic) bond motifs is 1. The molecule has 1 N–H and O–H groups in total. The number of para-hydroxylation sites is 1. The first-order chi connectivity index (χ1) is 14.9. The highest BCUT2D eigenvalue weighted by Gasteiger charge is 2.50. The first-order valence-corrected chi connectivity index (χ1v) is 11.4. The number of halogens is 2. The van der Waals surface area contributed by atoms with Crippen molar-refractivity contribution < 1.29 is 19.4 Å². The number of nitrogens with zero attached hydrogens (tertiary/aromatic N) is 1. The van der Waals surface area contributed by atoms with E-state index in [0.717, 1.165) is 37.0 Å². The van der Waals surface area contributed by atoms with Gasteiger partial charge in [-0.2, -0.15) is 0 Å². The fraction of sp³-hybridized carbons (Fsp3) is 0.458. The Hall–Kier alpha value is -1.95. The predicted molar refractivity (Wildman–Crippen MR) is 121 cm³/mol. The third-order valence-corrected chi connectivity index (χ3v) is 7.12. The minimum atomic E-state index is -0.763. The van der Waals surface area contributed by atoms with Gasteiger partial charge < -0.3 is 19.5 Å². The summed E-state index contributed by atoms with van der Waals surface area (Å²) in [5, 5.41) is 12.3. The maximum atomic E-state index is 13.3. The number of hydrogen-bond acceptors (Lipinski definition) is 4. The van der Waals surface area contributed by atoms with Gasteiger partial charge in [-0.1, -0.05) is 54.2 Å².